The van der Waals surface area contributed by atoms with Gasteiger partial charge in [-0.15, -0.1) is 10.2 Å². The summed E-state index contributed by atoms with van der Waals surface area (Å²) in [6.45, 7) is 1.60. The lowest BCUT2D eigenvalue weighted by molar-refractivity contribution is -0.117. The first-order valence-electron chi connectivity index (χ1n) is 7.78. The third-order valence-electron chi connectivity index (χ3n) is 3.96. The summed E-state index contributed by atoms with van der Waals surface area (Å²) in [5, 5.41) is 12.1. The van der Waals surface area contributed by atoms with Crippen LogP contribution in [0.25, 0.3) is 0 Å². The van der Waals surface area contributed by atoms with E-state index in [1.807, 2.05) is 0 Å². The normalized spacial score (nSPS) is 20.8. The van der Waals surface area contributed by atoms with Crippen LogP contribution in [-0.2, 0) is 14.8 Å². The molecule has 10 heteroatoms. The molecule has 4 rings (SSSR count). The Morgan fingerprint density at radius 2 is 2.12 bits per heavy atom. The predicted octanol–water partition coefficient (Wildman–Crippen LogP) is 1.48. The number of sulfonamides is 1. The minimum Gasteiger partial charge on any atom is -0.299 e. The third-order valence-corrected chi connectivity index (χ3v) is 6.36. The topological polar surface area (TPSA) is 113 Å². The summed E-state index contributed by atoms with van der Waals surface area (Å²) in [5.74, 6) is 0.286. The van der Waals surface area contributed by atoms with Gasteiger partial charge in [-0.2, -0.15) is 0 Å². The van der Waals surface area contributed by atoms with Gasteiger partial charge < -0.3 is 0 Å². The summed E-state index contributed by atoms with van der Waals surface area (Å²) in [7, 11) is -3.62. The number of benzene rings is 1. The fourth-order valence-corrected chi connectivity index (χ4v) is 4.63. The zero-order valence-electron chi connectivity index (χ0n) is 13.3. The number of hydrogen-bond donors (Lipinski definition) is 2. The van der Waals surface area contributed by atoms with Gasteiger partial charge in [0.1, 0.15) is 16.9 Å². The Balaban J connectivity index is 1.51. The summed E-state index contributed by atoms with van der Waals surface area (Å²) < 4.78 is 26.5. The molecule has 1 atom stereocenters. The molecule has 0 spiro atoms. The molecule has 2 N–H and O–H groups in total. The number of carbonyl (C=O) groups excluding carboxylic acids is 1. The molecule has 2 heterocycles. The maximum absolute atomic E-state index is 12.3. The van der Waals surface area contributed by atoms with Gasteiger partial charge in [0.2, 0.25) is 5.13 Å². The first-order chi connectivity index (χ1) is 11.9. The Morgan fingerprint density at radius 1 is 1.36 bits per heavy atom. The largest absolute Gasteiger partial charge is 0.299 e. The molecule has 0 saturated heterocycles. The van der Waals surface area contributed by atoms with Crippen molar-refractivity contribution in [3.63, 3.8) is 0 Å². The second kappa shape index (κ2) is 5.88. The Morgan fingerprint density at radius 3 is 2.88 bits per heavy atom. The Hall–Kier alpha value is -2.33. The summed E-state index contributed by atoms with van der Waals surface area (Å²) >= 11 is 1.37. The SMILES string of the molecule is C[C@H](N=C1NS(=O)(=O)c2ccccc21)C(=O)Nc1nnc(C2CC2)s1. The number of amides is 1. The summed E-state index contributed by atoms with van der Waals surface area (Å²) in [6.07, 6.45) is 2.23. The number of aromatic nitrogens is 2. The van der Waals surface area contributed by atoms with Crippen LogP contribution in [0.3, 0.4) is 0 Å². The van der Waals surface area contributed by atoms with E-state index in [2.05, 4.69) is 25.2 Å². The van der Waals surface area contributed by atoms with E-state index in [1.54, 1.807) is 25.1 Å². The highest BCUT2D eigenvalue weighted by Gasteiger charge is 2.31. The number of nitrogens with one attached hydrogen (secondary N) is 2. The Labute approximate surface area is 148 Å². The molecular weight excluding hydrogens is 362 g/mol. The van der Waals surface area contributed by atoms with E-state index in [1.165, 1.54) is 17.4 Å². The van der Waals surface area contributed by atoms with E-state index in [9.17, 15) is 13.2 Å². The van der Waals surface area contributed by atoms with E-state index in [4.69, 9.17) is 0 Å². The van der Waals surface area contributed by atoms with Gasteiger partial charge in [-0.3, -0.25) is 19.8 Å². The molecule has 1 saturated carbocycles. The molecule has 1 aromatic heterocycles. The van der Waals surface area contributed by atoms with Crippen molar-refractivity contribution in [3.8, 4) is 0 Å². The van der Waals surface area contributed by atoms with E-state index in [0.29, 0.717) is 16.6 Å². The van der Waals surface area contributed by atoms with Crippen molar-refractivity contribution < 1.29 is 13.2 Å². The molecule has 1 fully saturated rings. The second-order valence-electron chi connectivity index (χ2n) is 5.96. The minimum absolute atomic E-state index is 0.166. The molecule has 2 aliphatic rings. The molecule has 2 aromatic rings. The highest BCUT2D eigenvalue weighted by atomic mass is 32.2. The van der Waals surface area contributed by atoms with Crippen molar-refractivity contribution in [2.75, 3.05) is 5.32 Å². The molecule has 1 amide bonds. The fourth-order valence-electron chi connectivity index (χ4n) is 2.47. The lowest BCUT2D eigenvalue weighted by Gasteiger charge is -2.07. The van der Waals surface area contributed by atoms with Crippen molar-refractivity contribution in [2.24, 2.45) is 4.99 Å². The van der Waals surface area contributed by atoms with Gasteiger partial charge in [0.25, 0.3) is 15.9 Å². The van der Waals surface area contributed by atoms with Crippen molar-refractivity contribution in [2.45, 2.75) is 36.6 Å². The van der Waals surface area contributed by atoms with E-state index >= 15 is 0 Å². The molecule has 0 unspecified atom stereocenters. The average Bonchev–Trinajstić information content (AvgIpc) is 3.27. The number of fused-ring (bicyclic) bond motifs is 1. The van der Waals surface area contributed by atoms with Crippen LogP contribution in [0.4, 0.5) is 5.13 Å². The maximum atomic E-state index is 12.3. The van der Waals surface area contributed by atoms with Crippen LogP contribution in [0.15, 0.2) is 34.2 Å². The zero-order chi connectivity index (χ0) is 17.6. The minimum atomic E-state index is -3.62. The molecular formula is C15H15N5O3S2. The van der Waals surface area contributed by atoms with Crippen molar-refractivity contribution in [3.05, 3.63) is 34.8 Å². The summed E-state index contributed by atoms with van der Waals surface area (Å²) in [6, 6.07) is 5.75. The molecule has 130 valence electrons. The van der Waals surface area contributed by atoms with E-state index < -0.39 is 16.1 Å². The van der Waals surface area contributed by atoms with Crippen LogP contribution >= 0.6 is 11.3 Å². The van der Waals surface area contributed by atoms with Crippen molar-refractivity contribution in [1.29, 1.82) is 0 Å². The van der Waals surface area contributed by atoms with Crippen molar-refractivity contribution >= 4 is 38.2 Å². The predicted molar refractivity (Wildman–Crippen MR) is 93.3 cm³/mol. The quantitative estimate of drug-likeness (QED) is 0.838. The van der Waals surface area contributed by atoms with Crippen LogP contribution in [-0.4, -0.2) is 36.4 Å². The van der Waals surface area contributed by atoms with Crippen molar-refractivity contribution in [1.82, 2.24) is 14.9 Å². The number of amidine groups is 1. The van der Waals surface area contributed by atoms with Gasteiger partial charge in [-0.05, 0) is 31.9 Å². The molecule has 25 heavy (non-hydrogen) atoms. The molecule has 1 aromatic carbocycles. The van der Waals surface area contributed by atoms with Crippen LogP contribution in [0.1, 0.15) is 36.3 Å². The van der Waals surface area contributed by atoms with Crippen LogP contribution in [0, 0.1) is 0 Å². The zero-order valence-corrected chi connectivity index (χ0v) is 14.9. The molecule has 1 aliphatic carbocycles. The average molecular weight is 377 g/mol. The standard InChI is InChI=1S/C15H15N5O3S2/c1-8(13(21)17-15-19-18-14(24-15)9-6-7-9)16-12-10-4-2-3-5-11(10)25(22,23)20-12/h2-5,8-9H,6-7H2,1H3,(H,16,20)(H,17,19,21)/t8-/m0/s1. The van der Waals surface area contributed by atoms with E-state index in [0.717, 1.165) is 17.8 Å². The van der Waals surface area contributed by atoms with Gasteiger partial charge in [0.15, 0.2) is 0 Å². The second-order valence-corrected chi connectivity index (χ2v) is 8.62. The number of anilines is 1. The summed E-state index contributed by atoms with van der Waals surface area (Å²) in [4.78, 5) is 16.7. The Bertz CT molecular complexity index is 979. The van der Waals surface area contributed by atoms with Gasteiger partial charge in [0, 0.05) is 11.5 Å². The number of rotatable bonds is 4. The van der Waals surface area contributed by atoms with Gasteiger partial charge in [0.05, 0.1) is 4.90 Å². The highest BCUT2D eigenvalue weighted by molar-refractivity contribution is 7.90. The fraction of sp³-hybridized carbons (Fsp3) is 0.333. The molecule has 0 bridgehead atoms. The molecule has 8 nitrogen and oxygen atoms in total. The highest BCUT2D eigenvalue weighted by Crippen LogP contribution is 2.42. The lowest BCUT2D eigenvalue weighted by atomic mass is 10.2. The first kappa shape index (κ1) is 16.2. The first-order valence-corrected chi connectivity index (χ1v) is 10.1. The number of carbonyl (C=O) groups is 1. The van der Waals surface area contributed by atoms with Crippen LogP contribution in [0.2, 0.25) is 0 Å². The number of hydrogen-bond acceptors (Lipinski definition) is 7. The van der Waals surface area contributed by atoms with Crippen LogP contribution < -0.4 is 10.0 Å². The van der Waals surface area contributed by atoms with Gasteiger partial charge in [-0.1, -0.05) is 23.5 Å². The third kappa shape index (κ3) is 3.14. The number of nitrogens with zero attached hydrogens (tertiary/aromatic N) is 3. The maximum Gasteiger partial charge on any atom is 0.263 e. The van der Waals surface area contributed by atoms with Gasteiger partial charge >= 0.3 is 0 Å². The Kier molecular flexibility index (Phi) is 3.80. The monoisotopic (exact) mass is 377 g/mol. The smallest absolute Gasteiger partial charge is 0.263 e. The molecule has 1 aliphatic heterocycles. The van der Waals surface area contributed by atoms with Crippen LogP contribution in [0.5, 0.6) is 0 Å². The molecule has 0 radical (unpaired) electrons. The summed E-state index contributed by atoms with van der Waals surface area (Å²) in [5.41, 5.74) is 0.467. The number of aliphatic imine (C=N–C) groups is 1. The van der Waals surface area contributed by atoms with Gasteiger partial charge in [-0.25, -0.2) is 8.42 Å². The van der Waals surface area contributed by atoms with E-state index in [-0.39, 0.29) is 16.6 Å². The lowest BCUT2D eigenvalue weighted by Crippen LogP contribution is -2.28.